The fraction of sp³-hybridized carbons (Fsp3) is 0.300. The van der Waals surface area contributed by atoms with Crippen molar-refractivity contribution in [1.29, 1.82) is 0 Å². The first-order valence-electron chi connectivity index (χ1n) is 8.38. The van der Waals surface area contributed by atoms with Crippen molar-refractivity contribution in [3.8, 4) is 11.1 Å². The molecule has 0 spiro atoms. The third-order valence-corrected chi connectivity index (χ3v) is 4.18. The van der Waals surface area contributed by atoms with Crippen molar-refractivity contribution in [2.24, 2.45) is 0 Å². The number of esters is 1. The van der Waals surface area contributed by atoms with Gasteiger partial charge in [-0.05, 0) is 47.4 Å². The number of aliphatic hydroxyl groups excluding tert-OH is 2. The lowest BCUT2D eigenvalue weighted by molar-refractivity contribution is 0.0600. The number of hydrogen-bond acceptors (Lipinski definition) is 5. The fourth-order valence-corrected chi connectivity index (χ4v) is 2.62. The molecule has 2 aromatic carbocycles. The van der Waals surface area contributed by atoms with Crippen LogP contribution in [-0.4, -0.2) is 41.8 Å². The summed E-state index contributed by atoms with van der Waals surface area (Å²) in [6, 6.07) is 11.6. The molecule has 2 rings (SSSR count). The van der Waals surface area contributed by atoms with Gasteiger partial charge < -0.3 is 20.3 Å². The molecule has 0 aromatic heterocycles. The highest BCUT2D eigenvalue weighted by Gasteiger charge is 2.14. The molecule has 6 heteroatoms. The molecule has 0 saturated carbocycles. The molecule has 3 N–H and O–H groups in total. The summed E-state index contributed by atoms with van der Waals surface area (Å²) in [6.07, 6.45) is 0.631. The van der Waals surface area contributed by atoms with E-state index in [2.05, 4.69) is 5.32 Å². The van der Waals surface area contributed by atoms with E-state index in [0.29, 0.717) is 23.1 Å². The van der Waals surface area contributed by atoms with E-state index in [9.17, 15) is 19.8 Å². The Hall–Kier alpha value is -2.70. The van der Waals surface area contributed by atoms with Crippen molar-refractivity contribution in [3.63, 3.8) is 0 Å². The Morgan fingerprint density at radius 2 is 1.88 bits per heavy atom. The van der Waals surface area contributed by atoms with Gasteiger partial charge in [-0.1, -0.05) is 25.1 Å². The molecule has 0 aliphatic carbocycles. The van der Waals surface area contributed by atoms with Crippen molar-refractivity contribution in [2.75, 3.05) is 13.7 Å². The molecular formula is C20H23NO5. The Kier molecular flexibility index (Phi) is 6.89. The SMILES string of the molecule is CC[C@@H](CO)NC(=O)c1cccc(-c2ccc(C(=O)OC)cc2CO)c1. The molecule has 0 saturated heterocycles. The molecule has 1 atom stereocenters. The molecule has 0 heterocycles. The minimum absolute atomic E-state index is 0.119. The first kappa shape index (κ1) is 19.6. The summed E-state index contributed by atoms with van der Waals surface area (Å²) < 4.78 is 4.70. The van der Waals surface area contributed by atoms with Crippen LogP contribution in [0.25, 0.3) is 11.1 Å². The summed E-state index contributed by atoms with van der Waals surface area (Å²) in [5, 5.41) is 21.7. The van der Waals surface area contributed by atoms with Crippen LogP contribution in [0.5, 0.6) is 0 Å². The molecule has 1 amide bonds. The lowest BCUT2D eigenvalue weighted by Gasteiger charge is -2.15. The number of carbonyl (C=O) groups excluding carboxylic acids is 2. The van der Waals surface area contributed by atoms with Crippen LogP contribution < -0.4 is 5.32 Å². The molecule has 0 aliphatic heterocycles. The molecule has 0 bridgehead atoms. The maximum Gasteiger partial charge on any atom is 0.337 e. The number of aliphatic hydroxyl groups is 2. The van der Waals surface area contributed by atoms with Crippen molar-refractivity contribution in [1.82, 2.24) is 5.32 Å². The minimum atomic E-state index is -0.478. The van der Waals surface area contributed by atoms with Crippen LogP contribution in [0, 0.1) is 0 Å². The van der Waals surface area contributed by atoms with E-state index in [1.54, 1.807) is 36.4 Å². The highest BCUT2D eigenvalue weighted by molar-refractivity contribution is 5.96. The molecule has 6 nitrogen and oxygen atoms in total. The summed E-state index contributed by atoms with van der Waals surface area (Å²) in [5.74, 6) is -0.751. The summed E-state index contributed by atoms with van der Waals surface area (Å²) in [5.41, 5.74) is 2.84. The number of nitrogens with one attached hydrogen (secondary N) is 1. The number of carbonyl (C=O) groups is 2. The zero-order chi connectivity index (χ0) is 19.1. The predicted molar refractivity (Wildman–Crippen MR) is 97.8 cm³/mol. The normalized spacial score (nSPS) is 11.7. The van der Waals surface area contributed by atoms with Crippen LogP contribution in [0.2, 0.25) is 0 Å². The number of hydrogen-bond donors (Lipinski definition) is 3. The number of benzene rings is 2. The third kappa shape index (κ3) is 4.47. The Morgan fingerprint density at radius 1 is 1.12 bits per heavy atom. The standard InChI is InChI=1S/C20H23NO5/c1-3-17(12-23)21-19(24)14-6-4-5-13(9-14)18-8-7-15(20(25)26-2)10-16(18)11-22/h4-10,17,22-23H,3,11-12H2,1-2H3,(H,21,24)/t17-/m0/s1. The Bertz CT molecular complexity index is 784. The summed E-state index contributed by atoms with van der Waals surface area (Å²) in [6.45, 7) is 1.51. The number of ether oxygens (including phenoxy) is 1. The van der Waals surface area contributed by atoms with E-state index in [-0.39, 0.29) is 25.2 Å². The molecule has 0 fully saturated rings. The van der Waals surface area contributed by atoms with E-state index >= 15 is 0 Å². The molecule has 2 aromatic rings. The lowest BCUT2D eigenvalue weighted by Crippen LogP contribution is -2.36. The largest absolute Gasteiger partial charge is 0.465 e. The fourth-order valence-electron chi connectivity index (χ4n) is 2.62. The number of amides is 1. The average molecular weight is 357 g/mol. The van der Waals surface area contributed by atoms with Crippen LogP contribution >= 0.6 is 0 Å². The van der Waals surface area contributed by atoms with Gasteiger partial charge in [-0.25, -0.2) is 4.79 Å². The van der Waals surface area contributed by atoms with Gasteiger partial charge in [0.05, 0.1) is 31.9 Å². The molecular weight excluding hydrogens is 334 g/mol. The maximum atomic E-state index is 12.4. The zero-order valence-corrected chi connectivity index (χ0v) is 14.9. The lowest BCUT2D eigenvalue weighted by atomic mass is 9.96. The van der Waals surface area contributed by atoms with Gasteiger partial charge in [-0.2, -0.15) is 0 Å². The van der Waals surface area contributed by atoms with Gasteiger partial charge in [0.25, 0.3) is 5.91 Å². The molecule has 0 unspecified atom stereocenters. The first-order chi connectivity index (χ1) is 12.5. The summed E-state index contributed by atoms with van der Waals surface area (Å²) >= 11 is 0. The van der Waals surface area contributed by atoms with E-state index < -0.39 is 5.97 Å². The second kappa shape index (κ2) is 9.12. The van der Waals surface area contributed by atoms with Gasteiger partial charge in [-0.15, -0.1) is 0 Å². The zero-order valence-electron chi connectivity index (χ0n) is 14.9. The van der Waals surface area contributed by atoms with Crippen molar-refractivity contribution < 1.29 is 24.5 Å². The van der Waals surface area contributed by atoms with Crippen molar-refractivity contribution in [3.05, 3.63) is 59.2 Å². The highest BCUT2D eigenvalue weighted by Crippen LogP contribution is 2.26. The number of methoxy groups -OCH3 is 1. The van der Waals surface area contributed by atoms with Crippen LogP contribution in [0.3, 0.4) is 0 Å². The summed E-state index contributed by atoms with van der Waals surface area (Å²) in [4.78, 5) is 24.0. The Labute approximate surface area is 152 Å². The van der Waals surface area contributed by atoms with Crippen LogP contribution in [0.15, 0.2) is 42.5 Å². The van der Waals surface area contributed by atoms with Crippen molar-refractivity contribution >= 4 is 11.9 Å². The van der Waals surface area contributed by atoms with E-state index in [4.69, 9.17) is 4.74 Å². The number of rotatable bonds is 7. The predicted octanol–water partition coefficient (Wildman–Crippen LogP) is 2.13. The van der Waals surface area contributed by atoms with E-state index in [1.807, 2.05) is 13.0 Å². The maximum absolute atomic E-state index is 12.4. The molecule has 0 aliphatic rings. The first-order valence-corrected chi connectivity index (χ1v) is 8.38. The van der Waals surface area contributed by atoms with Crippen molar-refractivity contribution in [2.45, 2.75) is 26.0 Å². The van der Waals surface area contributed by atoms with Gasteiger partial charge >= 0.3 is 5.97 Å². The average Bonchev–Trinajstić information content (AvgIpc) is 2.70. The van der Waals surface area contributed by atoms with Crippen LogP contribution in [0.4, 0.5) is 0 Å². The van der Waals surface area contributed by atoms with Gasteiger partial charge in [0.2, 0.25) is 0 Å². The smallest absolute Gasteiger partial charge is 0.337 e. The monoisotopic (exact) mass is 357 g/mol. The Balaban J connectivity index is 2.35. The minimum Gasteiger partial charge on any atom is -0.465 e. The topological polar surface area (TPSA) is 95.9 Å². The van der Waals surface area contributed by atoms with Gasteiger partial charge in [0.1, 0.15) is 0 Å². The second-order valence-electron chi connectivity index (χ2n) is 5.86. The van der Waals surface area contributed by atoms with Gasteiger partial charge in [0.15, 0.2) is 0 Å². The quantitative estimate of drug-likeness (QED) is 0.660. The van der Waals surface area contributed by atoms with Gasteiger partial charge in [-0.3, -0.25) is 4.79 Å². The van der Waals surface area contributed by atoms with Crippen LogP contribution in [0.1, 0.15) is 39.6 Å². The molecule has 26 heavy (non-hydrogen) atoms. The second-order valence-corrected chi connectivity index (χ2v) is 5.86. The highest BCUT2D eigenvalue weighted by atomic mass is 16.5. The van der Waals surface area contributed by atoms with E-state index in [0.717, 1.165) is 11.1 Å². The molecule has 0 radical (unpaired) electrons. The summed E-state index contributed by atoms with van der Waals surface area (Å²) in [7, 11) is 1.30. The van der Waals surface area contributed by atoms with Crippen LogP contribution in [-0.2, 0) is 11.3 Å². The van der Waals surface area contributed by atoms with Gasteiger partial charge in [0, 0.05) is 5.56 Å². The molecule has 138 valence electrons. The van der Waals surface area contributed by atoms with E-state index in [1.165, 1.54) is 7.11 Å². The Morgan fingerprint density at radius 3 is 2.50 bits per heavy atom. The third-order valence-electron chi connectivity index (χ3n) is 4.18.